The molecule has 3 aromatic rings. The summed E-state index contributed by atoms with van der Waals surface area (Å²) in [7, 11) is 0. The van der Waals surface area contributed by atoms with E-state index in [0.717, 1.165) is 21.7 Å². The van der Waals surface area contributed by atoms with E-state index in [4.69, 9.17) is 16.3 Å². The monoisotopic (exact) mass is 319 g/mol. The maximum atomic E-state index is 6.01. The standard InChI is InChI=1S/C15H14ClN3OS/c1-3-20-12-7-5-4-6-11(12)17-13-10-8-9(2)21-14(10)19-15(16)18-13/h4-8H,3H2,1-2H3,(H,17,18,19). The highest BCUT2D eigenvalue weighted by molar-refractivity contribution is 7.18. The molecular weight excluding hydrogens is 306 g/mol. The fourth-order valence-electron chi connectivity index (χ4n) is 2.09. The SMILES string of the molecule is CCOc1ccccc1Nc1nc(Cl)nc2sc(C)cc12. The Morgan fingerprint density at radius 2 is 2.10 bits per heavy atom. The van der Waals surface area contributed by atoms with E-state index in [1.807, 2.05) is 38.1 Å². The molecule has 108 valence electrons. The second-order valence-electron chi connectivity index (χ2n) is 4.47. The van der Waals surface area contributed by atoms with E-state index in [1.165, 1.54) is 4.88 Å². The van der Waals surface area contributed by atoms with E-state index < -0.39 is 0 Å². The number of aryl methyl sites for hydroxylation is 1. The molecule has 0 atom stereocenters. The van der Waals surface area contributed by atoms with E-state index >= 15 is 0 Å². The first-order chi connectivity index (χ1) is 10.2. The van der Waals surface area contributed by atoms with Crippen molar-refractivity contribution in [3.63, 3.8) is 0 Å². The van der Waals surface area contributed by atoms with Crippen molar-refractivity contribution in [3.8, 4) is 5.75 Å². The molecule has 0 fully saturated rings. The Hall–Kier alpha value is -1.85. The Balaban J connectivity index is 2.05. The Morgan fingerprint density at radius 1 is 1.29 bits per heavy atom. The van der Waals surface area contributed by atoms with Crippen molar-refractivity contribution in [2.45, 2.75) is 13.8 Å². The Morgan fingerprint density at radius 3 is 2.90 bits per heavy atom. The van der Waals surface area contributed by atoms with Gasteiger partial charge in [-0.2, -0.15) is 4.98 Å². The summed E-state index contributed by atoms with van der Waals surface area (Å²) in [6.45, 7) is 4.60. The van der Waals surface area contributed by atoms with Crippen molar-refractivity contribution >= 4 is 44.7 Å². The molecule has 0 aliphatic rings. The van der Waals surface area contributed by atoms with E-state index in [9.17, 15) is 0 Å². The molecule has 0 bridgehead atoms. The molecule has 0 unspecified atom stereocenters. The molecule has 0 radical (unpaired) electrons. The van der Waals surface area contributed by atoms with Gasteiger partial charge in [0, 0.05) is 4.88 Å². The summed E-state index contributed by atoms with van der Waals surface area (Å²) in [6, 6.07) is 9.82. The number of thiophene rings is 1. The van der Waals surface area contributed by atoms with Crippen molar-refractivity contribution in [2.75, 3.05) is 11.9 Å². The molecule has 1 aromatic carbocycles. The molecule has 0 amide bonds. The number of anilines is 2. The molecular formula is C15H14ClN3OS. The van der Waals surface area contributed by atoms with Gasteiger partial charge in [0.2, 0.25) is 5.28 Å². The minimum atomic E-state index is 0.237. The normalized spacial score (nSPS) is 10.8. The minimum Gasteiger partial charge on any atom is -0.492 e. The number of hydrogen-bond donors (Lipinski definition) is 1. The minimum absolute atomic E-state index is 0.237. The average Bonchev–Trinajstić information content (AvgIpc) is 2.81. The number of fused-ring (bicyclic) bond motifs is 1. The second kappa shape index (κ2) is 5.87. The summed E-state index contributed by atoms with van der Waals surface area (Å²) >= 11 is 7.61. The van der Waals surface area contributed by atoms with Crippen molar-refractivity contribution in [1.29, 1.82) is 0 Å². The van der Waals surface area contributed by atoms with E-state index in [-0.39, 0.29) is 5.28 Å². The Bertz CT molecular complexity index is 788. The predicted molar refractivity (Wildman–Crippen MR) is 88.1 cm³/mol. The average molecular weight is 320 g/mol. The summed E-state index contributed by atoms with van der Waals surface area (Å²) in [5.74, 6) is 1.48. The molecule has 4 nitrogen and oxygen atoms in total. The smallest absolute Gasteiger partial charge is 0.225 e. The number of nitrogens with zero attached hydrogens (tertiary/aromatic N) is 2. The van der Waals surface area contributed by atoms with Crippen LogP contribution in [0.2, 0.25) is 5.28 Å². The zero-order valence-electron chi connectivity index (χ0n) is 11.7. The van der Waals surface area contributed by atoms with Gasteiger partial charge in [-0.3, -0.25) is 0 Å². The number of nitrogens with one attached hydrogen (secondary N) is 1. The molecule has 6 heteroatoms. The van der Waals surface area contributed by atoms with E-state index in [2.05, 4.69) is 21.4 Å². The second-order valence-corrected chi connectivity index (χ2v) is 6.04. The van der Waals surface area contributed by atoms with Gasteiger partial charge in [0.1, 0.15) is 16.4 Å². The number of halogens is 1. The zero-order chi connectivity index (χ0) is 14.8. The van der Waals surface area contributed by atoms with Crippen LogP contribution >= 0.6 is 22.9 Å². The Labute approximate surface area is 131 Å². The molecule has 0 aliphatic carbocycles. The van der Waals surface area contributed by atoms with Crippen LogP contribution < -0.4 is 10.1 Å². The number of para-hydroxylation sites is 2. The fourth-order valence-corrected chi connectivity index (χ4v) is 3.19. The van der Waals surface area contributed by atoms with Crippen molar-refractivity contribution < 1.29 is 4.74 Å². The summed E-state index contributed by atoms with van der Waals surface area (Å²) < 4.78 is 5.62. The number of rotatable bonds is 4. The van der Waals surface area contributed by atoms with Gasteiger partial charge in [-0.25, -0.2) is 4.98 Å². The number of aromatic nitrogens is 2. The van der Waals surface area contributed by atoms with Crippen LogP contribution in [0.25, 0.3) is 10.2 Å². The highest BCUT2D eigenvalue weighted by atomic mass is 35.5. The fraction of sp³-hybridized carbons (Fsp3) is 0.200. The first-order valence-electron chi connectivity index (χ1n) is 6.60. The highest BCUT2D eigenvalue weighted by Gasteiger charge is 2.11. The summed E-state index contributed by atoms with van der Waals surface area (Å²) in [5, 5.41) is 4.50. The third kappa shape index (κ3) is 2.94. The Kier molecular flexibility index (Phi) is 3.94. The largest absolute Gasteiger partial charge is 0.492 e. The lowest BCUT2D eigenvalue weighted by molar-refractivity contribution is 0.342. The summed E-state index contributed by atoms with van der Waals surface area (Å²) in [6.07, 6.45) is 0. The van der Waals surface area contributed by atoms with Crippen molar-refractivity contribution in [1.82, 2.24) is 9.97 Å². The predicted octanol–water partition coefficient (Wildman–Crippen LogP) is 4.80. The van der Waals surface area contributed by atoms with Gasteiger partial charge in [0.25, 0.3) is 0 Å². The van der Waals surface area contributed by atoms with Gasteiger partial charge in [0.15, 0.2) is 0 Å². The number of hydrogen-bond acceptors (Lipinski definition) is 5. The van der Waals surface area contributed by atoms with Crippen LogP contribution in [0, 0.1) is 6.92 Å². The first kappa shape index (κ1) is 14.1. The zero-order valence-corrected chi connectivity index (χ0v) is 13.3. The molecule has 2 aromatic heterocycles. The van der Waals surface area contributed by atoms with Gasteiger partial charge in [0.05, 0.1) is 17.7 Å². The van der Waals surface area contributed by atoms with Crippen LogP contribution in [-0.2, 0) is 0 Å². The molecule has 0 aliphatic heterocycles. The van der Waals surface area contributed by atoms with Crippen molar-refractivity contribution in [2.24, 2.45) is 0 Å². The van der Waals surface area contributed by atoms with Crippen LogP contribution in [-0.4, -0.2) is 16.6 Å². The topological polar surface area (TPSA) is 47.0 Å². The summed E-state index contributed by atoms with van der Waals surface area (Å²) in [5.41, 5.74) is 0.860. The third-order valence-corrected chi connectivity index (χ3v) is 4.04. The lowest BCUT2D eigenvalue weighted by Gasteiger charge is -2.12. The van der Waals surface area contributed by atoms with E-state index in [1.54, 1.807) is 11.3 Å². The van der Waals surface area contributed by atoms with Gasteiger partial charge in [-0.15, -0.1) is 11.3 Å². The lowest BCUT2D eigenvalue weighted by Crippen LogP contribution is -2.00. The van der Waals surface area contributed by atoms with Crippen LogP contribution in [0.4, 0.5) is 11.5 Å². The molecule has 1 N–H and O–H groups in total. The van der Waals surface area contributed by atoms with Gasteiger partial charge in [-0.05, 0) is 43.6 Å². The number of ether oxygens (including phenoxy) is 1. The van der Waals surface area contributed by atoms with Crippen LogP contribution in [0.5, 0.6) is 5.75 Å². The van der Waals surface area contributed by atoms with Gasteiger partial charge >= 0.3 is 0 Å². The van der Waals surface area contributed by atoms with E-state index in [0.29, 0.717) is 12.4 Å². The van der Waals surface area contributed by atoms with Crippen LogP contribution in [0.15, 0.2) is 30.3 Å². The molecule has 0 saturated heterocycles. The van der Waals surface area contributed by atoms with Gasteiger partial charge < -0.3 is 10.1 Å². The third-order valence-electron chi connectivity index (χ3n) is 2.93. The maximum Gasteiger partial charge on any atom is 0.225 e. The molecule has 21 heavy (non-hydrogen) atoms. The quantitative estimate of drug-likeness (QED) is 0.702. The van der Waals surface area contributed by atoms with Crippen molar-refractivity contribution in [3.05, 3.63) is 40.5 Å². The van der Waals surface area contributed by atoms with Crippen LogP contribution in [0.1, 0.15) is 11.8 Å². The summed E-state index contributed by atoms with van der Waals surface area (Å²) in [4.78, 5) is 10.6. The maximum absolute atomic E-state index is 6.01. The van der Waals surface area contributed by atoms with Gasteiger partial charge in [-0.1, -0.05) is 12.1 Å². The number of benzene rings is 1. The lowest BCUT2D eigenvalue weighted by atomic mass is 10.2. The van der Waals surface area contributed by atoms with Crippen LogP contribution in [0.3, 0.4) is 0 Å². The molecule has 3 rings (SSSR count). The molecule has 0 spiro atoms. The molecule has 2 heterocycles. The first-order valence-corrected chi connectivity index (χ1v) is 7.79. The molecule has 0 saturated carbocycles. The highest BCUT2D eigenvalue weighted by Crippen LogP contribution is 2.33.